The van der Waals surface area contributed by atoms with Gasteiger partial charge in [0, 0.05) is 0 Å². The molecule has 0 aliphatic carbocycles. The molecule has 19 heavy (non-hydrogen) atoms. The highest BCUT2D eigenvalue weighted by Gasteiger charge is 2.01. The van der Waals surface area contributed by atoms with Crippen LogP contribution in [-0.2, 0) is 6.42 Å². The predicted molar refractivity (Wildman–Crippen MR) is 77.2 cm³/mol. The predicted octanol–water partition coefficient (Wildman–Crippen LogP) is 4.03. The van der Waals surface area contributed by atoms with Gasteiger partial charge in [0.05, 0.1) is 5.56 Å². The minimum atomic E-state index is -0.892. The molecule has 0 saturated heterocycles. The van der Waals surface area contributed by atoms with Gasteiger partial charge in [0.15, 0.2) is 0 Å². The first-order valence-corrected chi connectivity index (χ1v) is 6.19. The van der Waals surface area contributed by atoms with Crippen molar-refractivity contribution in [1.29, 1.82) is 0 Å². The van der Waals surface area contributed by atoms with Crippen molar-refractivity contribution in [2.75, 3.05) is 0 Å². The fraction of sp³-hybridized carbons (Fsp3) is 0.118. The second-order valence-corrected chi connectivity index (χ2v) is 4.58. The molecule has 2 rings (SSSR count). The fourth-order valence-electron chi connectivity index (χ4n) is 1.98. The molecule has 2 nitrogen and oxygen atoms in total. The molecule has 0 amide bonds. The topological polar surface area (TPSA) is 37.3 Å². The monoisotopic (exact) mass is 252 g/mol. The van der Waals surface area contributed by atoms with Crippen LogP contribution in [0.1, 0.15) is 28.4 Å². The Balaban J connectivity index is 2.10. The van der Waals surface area contributed by atoms with E-state index in [1.807, 2.05) is 30.3 Å². The van der Waals surface area contributed by atoms with Crippen LogP contribution in [0.2, 0.25) is 0 Å². The van der Waals surface area contributed by atoms with Crippen LogP contribution in [0, 0.1) is 0 Å². The van der Waals surface area contributed by atoms with Crippen LogP contribution in [0.4, 0.5) is 0 Å². The highest BCUT2D eigenvalue weighted by Crippen LogP contribution is 2.13. The molecule has 0 bridgehead atoms. The van der Waals surface area contributed by atoms with Crippen molar-refractivity contribution in [3.8, 4) is 0 Å². The van der Waals surface area contributed by atoms with Crippen molar-refractivity contribution in [2.24, 2.45) is 0 Å². The van der Waals surface area contributed by atoms with Gasteiger partial charge in [-0.25, -0.2) is 4.79 Å². The quantitative estimate of drug-likeness (QED) is 0.892. The van der Waals surface area contributed by atoms with E-state index in [2.05, 4.69) is 25.1 Å². The van der Waals surface area contributed by atoms with Crippen LogP contribution in [0.15, 0.2) is 60.2 Å². The minimum Gasteiger partial charge on any atom is -0.478 e. The Morgan fingerprint density at radius 1 is 1.05 bits per heavy atom. The van der Waals surface area contributed by atoms with Crippen LogP contribution < -0.4 is 0 Å². The van der Waals surface area contributed by atoms with Gasteiger partial charge in [-0.3, -0.25) is 0 Å². The minimum absolute atomic E-state index is 0.317. The summed E-state index contributed by atoms with van der Waals surface area (Å²) in [5, 5.41) is 8.84. The Hall–Kier alpha value is -2.35. The summed E-state index contributed by atoms with van der Waals surface area (Å²) >= 11 is 0. The molecule has 2 aromatic rings. The number of aromatic carboxylic acids is 1. The molecule has 0 fully saturated rings. The van der Waals surface area contributed by atoms with Gasteiger partial charge in [-0.05, 0) is 36.6 Å². The number of allylic oxidation sites excluding steroid dienone is 1. The second-order valence-electron chi connectivity index (χ2n) is 4.58. The fourth-order valence-corrected chi connectivity index (χ4v) is 1.98. The molecule has 96 valence electrons. The van der Waals surface area contributed by atoms with Gasteiger partial charge >= 0.3 is 5.97 Å². The van der Waals surface area contributed by atoms with Crippen molar-refractivity contribution >= 4 is 12.0 Å². The zero-order chi connectivity index (χ0) is 13.7. The lowest BCUT2D eigenvalue weighted by Crippen LogP contribution is -1.95. The maximum atomic E-state index is 10.8. The molecule has 0 heterocycles. The average Bonchev–Trinajstić information content (AvgIpc) is 2.40. The van der Waals surface area contributed by atoms with E-state index in [-0.39, 0.29) is 0 Å². The largest absolute Gasteiger partial charge is 0.478 e. The summed E-state index contributed by atoms with van der Waals surface area (Å²) in [5.41, 5.74) is 3.86. The first-order chi connectivity index (χ1) is 9.15. The molecule has 0 saturated carbocycles. The third-order valence-corrected chi connectivity index (χ3v) is 2.90. The molecule has 2 heteroatoms. The molecule has 2 aromatic carbocycles. The summed E-state index contributed by atoms with van der Waals surface area (Å²) < 4.78 is 0. The van der Waals surface area contributed by atoms with Crippen LogP contribution >= 0.6 is 0 Å². The summed E-state index contributed by atoms with van der Waals surface area (Å²) in [6.07, 6.45) is 2.99. The van der Waals surface area contributed by atoms with E-state index in [0.29, 0.717) is 5.56 Å². The Labute approximate surface area is 113 Å². The smallest absolute Gasteiger partial charge is 0.335 e. The van der Waals surface area contributed by atoms with E-state index in [0.717, 1.165) is 12.0 Å². The number of hydrogen-bond donors (Lipinski definition) is 1. The maximum absolute atomic E-state index is 10.8. The van der Waals surface area contributed by atoms with Gasteiger partial charge in [-0.2, -0.15) is 0 Å². The van der Waals surface area contributed by atoms with Crippen molar-refractivity contribution in [1.82, 2.24) is 0 Å². The van der Waals surface area contributed by atoms with E-state index in [1.165, 1.54) is 11.1 Å². The standard InChI is InChI=1S/C17H16O2/c1-13(11-14-5-3-2-4-6-14)12-15-7-9-16(10-8-15)17(18)19/h2-10,12H,11H2,1H3,(H,18,19). The van der Waals surface area contributed by atoms with Crippen LogP contribution in [0.25, 0.3) is 6.08 Å². The summed E-state index contributed by atoms with van der Waals surface area (Å²) in [4.78, 5) is 10.8. The summed E-state index contributed by atoms with van der Waals surface area (Å²) in [7, 11) is 0. The molecule has 0 aliphatic heterocycles. The molecule has 0 unspecified atom stereocenters. The van der Waals surface area contributed by atoms with Crippen LogP contribution in [-0.4, -0.2) is 11.1 Å². The SMILES string of the molecule is CC(=Cc1ccc(C(=O)O)cc1)Cc1ccccc1. The third kappa shape index (κ3) is 3.81. The van der Waals surface area contributed by atoms with E-state index in [1.54, 1.807) is 12.1 Å². The van der Waals surface area contributed by atoms with Gasteiger partial charge in [0.2, 0.25) is 0 Å². The number of benzene rings is 2. The summed E-state index contributed by atoms with van der Waals surface area (Å²) in [6, 6.07) is 17.2. The highest BCUT2D eigenvalue weighted by molar-refractivity contribution is 5.87. The lowest BCUT2D eigenvalue weighted by atomic mass is 10.0. The normalized spacial score (nSPS) is 11.3. The number of carbonyl (C=O) groups is 1. The number of carboxylic acid groups (broad SMARTS) is 1. The number of rotatable bonds is 4. The first-order valence-electron chi connectivity index (χ1n) is 6.19. The van der Waals surface area contributed by atoms with Crippen LogP contribution in [0.5, 0.6) is 0 Å². The van der Waals surface area contributed by atoms with Gasteiger partial charge in [0.25, 0.3) is 0 Å². The van der Waals surface area contributed by atoms with Gasteiger partial charge in [-0.15, -0.1) is 0 Å². The zero-order valence-corrected chi connectivity index (χ0v) is 10.8. The van der Waals surface area contributed by atoms with Crippen LogP contribution in [0.3, 0.4) is 0 Å². The van der Waals surface area contributed by atoms with Gasteiger partial charge in [0.1, 0.15) is 0 Å². The molecule has 0 radical (unpaired) electrons. The lowest BCUT2D eigenvalue weighted by Gasteiger charge is -2.02. The van der Waals surface area contributed by atoms with Crippen molar-refractivity contribution in [3.05, 3.63) is 76.9 Å². The molecule has 0 aromatic heterocycles. The second kappa shape index (κ2) is 6.01. The summed E-state index contributed by atoms with van der Waals surface area (Å²) in [5.74, 6) is -0.892. The van der Waals surface area contributed by atoms with E-state index in [9.17, 15) is 4.79 Å². The summed E-state index contributed by atoms with van der Waals surface area (Å²) in [6.45, 7) is 2.08. The number of carboxylic acids is 1. The molecular weight excluding hydrogens is 236 g/mol. The molecule has 0 spiro atoms. The highest BCUT2D eigenvalue weighted by atomic mass is 16.4. The Kier molecular flexibility index (Phi) is 4.14. The van der Waals surface area contributed by atoms with Crippen molar-refractivity contribution in [2.45, 2.75) is 13.3 Å². The van der Waals surface area contributed by atoms with E-state index < -0.39 is 5.97 Å². The Bertz CT molecular complexity index is 580. The Morgan fingerprint density at radius 2 is 1.68 bits per heavy atom. The maximum Gasteiger partial charge on any atom is 0.335 e. The van der Waals surface area contributed by atoms with Gasteiger partial charge in [-0.1, -0.05) is 54.1 Å². The first kappa shape index (κ1) is 13.1. The lowest BCUT2D eigenvalue weighted by molar-refractivity contribution is 0.0697. The molecule has 0 aliphatic rings. The van der Waals surface area contributed by atoms with E-state index >= 15 is 0 Å². The van der Waals surface area contributed by atoms with Crippen molar-refractivity contribution in [3.63, 3.8) is 0 Å². The Morgan fingerprint density at radius 3 is 2.26 bits per heavy atom. The molecular formula is C17H16O2. The number of hydrogen-bond acceptors (Lipinski definition) is 1. The third-order valence-electron chi connectivity index (χ3n) is 2.90. The molecule has 1 N–H and O–H groups in total. The van der Waals surface area contributed by atoms with Crippen molar-refractivity contribution < 1.29 is 9.90 Å². The zero-order valence-electron chi connectivity index (χ0n) is 10.8. The van der Waals surface area contributed by atoms with E-state index in [4.69, 9.17) is 5.11 Å². The average molecular weight is 252 g/mol. The van der Waals surface area contributed by atoms with Gasteiger partial charge < -0.3 is 5.11 Å². The molecule has 0 atom stereocenters.